The Morgan fingerprint density at radius 1 is 1.29 bits per heavy atom. The number of primary amides is 2. The molecule has 0 aliphatic heterocycles. The van der Waals surface area contributed by atoms with Gasteiger partial charge in [-0.3, -0.25) is 9.59 Å². The van der Waals surface area contributed by atoms with Crippen molar-refractivity contribution < 1.29 is 9.59 Å². The Bertz CT molecular complexity index is 464. The summed E-state index contributed by atoms with van der Waals surface area (Å²) in [5, 5.41) is 8.69. The molecule has 1 aromatic rings. The van der Waals surface area contributed by atoms with Gasteiger partial charge in [0.25, 0.3) is 0 Å². The zero-order valence-corrected chi connectivity index (χ0v) is 8.96. The Balaban J connectivity index is 2.99. The molecule has 88 valence electrons. The van der Waals surface area contributed by atoms with E-state index in [1.807, 2.05) is 6.07 Å². The number of hydrogen-bond donors (Lipinski definition) is 2. The SMILES string of the molecule is N#Cc1cccc(N(CC(N)=O)CC(N)=O)n1. The Morgan fingerprint density at radius 3 is 2.35 bits per heavy atom. The maximum Gasteiger partial charge on any atom is 0.237 e. The normalized spacial score (nSPS) is 9.35. The number of pyridine rings is 1. The predicted molar refractivity (Wildman–Crippen MR) is 59.6 cm³/mol. The van der Waals surface area contributed by atoms with Crippen LogP contribution in [-0.2, 0) is 9.59 Å². The van der Waals surface area contributed by atoms with E-state index in [0.717, 1.165) is 0 Å². The number of nitriles is 1. The lowest BCUT2D eigenvalue weighted by molar-refractivity contribution is -0.117. The summed E-state index contributed by atoms with van der Waals surface area (Å²) in [6.45, 7) is -0.379. The molecule has 0 saturated heterocycles. The van der Waals surface area contributed by atoms with Gasteiger partial charge in [0.05, 0.1) is 13.1 Å². The number of carbonyl (C=O) groups is 2. The topological polar surface area (TPSA) is 126 Å². The molecule has 0 fully saturated rings. The summed E-state index contributed by atoms with van der Waals surface area (Å²) in [5.74, 6) is -0.924. The molecule has 1 rings (SSSR count). The number of aromatic nitrogens is 1. The first-order valence-electron chi connectivity index (χ1n) is 4.71. The number of amides is 2. The van der Waals surface area contributed by atoms with Gasteiger partial charge >= 0.3 is 0 Å². The molecule has 0 unspecified atom stereocenters. The van der Waals surface area contributed by atoms with Crippen LogP contribution in [0.25, 0.3) is 0 Å². The van der Waals surface area contributed by atoms with Crippen LogP contribution < -0.4 is 16.4 Å². The zero-order valence-electron chi connectivity index (χ0n) is 8.96. The summed E-state index contributed by atoms with van der Waals surface area (Å²) in [5.41, 5.74) is 10.3. The van der Waals surface area contributed by atoms with E-state index in [-0.39, 0.29) is 18.8 Å². The Morgan fingerprint density at radius 2 is 1.88 bits per heavy atom. The second-order valence-electron chi connectivity index (χ2n) is 3.28. The van der Waals surface area contributed by atoms with Crippen molar-refractivity contribution in [1.29, 1.82) is 5.26 Å². The van der Waals surface area contributed by atoms with Crippen molar-refractivity contribution in [2.24, 2.45) is 11.5 Å². The van der Waals surface area contributed by atoms with Crippen LogP contribution >= 0.6 is 0 Å². The first kappa shape index (κ1) is 12.4. The largest absolute Gasteiger partial charge is 0.368 e. The fourth-order valence-electron chi connectivity index (χ4n) is 1.26. The number of nitrogens with two attached hydrogens (primary N) is 2. The quantitative estimate of drug-likeness (QED) is 0.655. The first-order chi connectivity index (χ1) is 8.02. The van der Waals surface area contributed by atoms with Crippen LogP contribution in [0.15, 0.2) is 18.2 Å². The van der Waals surface area contributed by atoms with Crippen molar-refractivity contribution in [3.05, 3.63) is 23.9 Å². The summed E-state index contributed by atoms with van der Waals surface area (Å²) in [7, 11) is 0. The number of hydrogen-bond acceptors (Lipinski definition) is 5. The highest BCUT2D eigenvalue weighted by Gasteiger charge is 2.13. The molecule has 0 aromatic carbocycles. The minimum atomic E-state index is -0.615. The van der Waals surface area contributed by atoms with Crippen LogP contribution in [0.2, 0.25) is 0 Å². The summed E-state index contributed by atoms with van der Waals surface area (Å²) >= 11 is 0. The van der Waals surface area contributed by atoms with Gasteiger partial charge in [0.2, 0.25) is 11.8 Å². The molecular weight excluding hydrogens is 222 g/mol. The molecule has 0 atom stereocenters. The number of anilines is 1. The van der Waals surface area contributed by atoms with Gasteiger partial charge < -0.3 is 16.4 Å². The van der Waals surface area contributed by atoms with E-state index < -0.39 is 11.8 Å². The minimum Gasteiger partial charge on any atom is -0.368 e. The average molecular weight is 233 g/mol. The molecule has 1 aromatic heterocycles. The van der Waals surface area contributed by atoms with Gasteiger partial charge in [-0.1, -0.05) is 6.07 Å². The molecule has 1 heterocycles. The van der Waals surface area contributed by atoms with E-state index >= 15 is 0 Å². The minimum absolute atomic E-state index is 0.182. The van der Waals surface area contributed by atoms with E-state index in [1.54, 1.807) is 12.1 Å². The molecule has 0 saturated carbocycles. The Hall–Kier alpha value is -2.62. The van der Waals surface area contributed by atoms with E-state index in [0.29, 0.717) is 5.82 Å². The van der Waals surface area contributed by atoms with Gasteiger partial charge in [-0.05, 0) is 12.1 Å². The summed E-state index contributed by atoms with van der Waals surface area (Å²) < 4.78 is 0. The van der Waals surface area contributed by atoms with Gasteiger partial charge in [-0.25, -0.2) is 4.98 Å². The third-order valence-electron chi connectivity index (χ3n) is 1.87. The van der Waals surface area contributed by atoms with Gasteiger partial charge in [0.15, 0.2) is 0 Å². The lowest BCUT2D eigenvalue weighted by Gasteiger charge is -2.20. The smallest absolute Gasteiger partial charge is 0.237 e. The van der Waals surface area contributed by atoms with Crippen LogP contribution in [-0.4, -0.2) is 29.9 Å². The summed E-state index contributed by atoms with van der Waals surface area (Å²) in [6, 6.07) is 6.52. The van der Waals surface area contributed by atoms with Crippen LogP contribution in [0.1, 0.15) is 5.69 Å². The monoisotopic (exact) mass is 233 g/mol. The van der Waals surface area contributed by atoms with Crippen LogP contribution in [0, 0.1) is 11.3 Å². The highest BCUT2D eigenvalue weighted by atomic mass is 16.2. The third-order valence-corrected chi connectivity index (χ3v) is 1.87. The molecule has 4 N–H and O–H groups in total. The van der Waals surface area contributed by atoms with Crippen LogP contribution in [0.3, 0.4) is 0 Å². The van der Waals surface area contributed by atoms with Crippen molar-refractivity contribution in [3.8, 4) is 6.07 Å². The Kier molecular flexibility index (Phi) is 4.00. The zero-order chi connectivity index (χ0) is 12.8. The molecule has 0 radical (unpaired) electrons. The molecule has 2 amide bonds. The van der Waals surface area contributed by atoms with E-state index in [2.05, 4.69) is 4.98 Å². The second-order valence-corrected chi connectivity index (χ2v) is 3.28. The number of rotatable bonds is 5. The Labute approximate surface area is 97.6 Å². The van der Waals surface area contributed by atoms with Gasteiger partial charge in [0.1, 0.15) is 17.6 Å². The van der Waals surface area contributed by atoms with Crippen molar-refractivity contribution in [2.75, 3.05) is 18.0 Å². The van der Waals surface area contributed by atoms with Crippen molar-refractivity contribution in [3.63, 3.8) is 0 Å². The van der Waals surface area contributed by atoms with Crippen LogP contribution in [0.5, 0.6) is 0 Å². The number of carbonyl (C=O) groups excluding carboxylic acids is 2. The third kappa shape index (κ3) is 3.79. The predicted octanol–water partition coefficient (Wildman–Crippen LogP) is -1.27. The standard InChI is InChI=1S/C10H11N5O2/c11-4-7-2-1-3-10(14-7)15(5-8(12)16)6-9(13)17/h1-3H,5-6H2,(H2,12,16)(H2,13,17). The first-order valence-corrected chi connectivity index (χ1v) is 4.71. The maximum atomic E-state index is 10.9. The fraction of sp³-hybridized carbons (Fsp3) is 0.200. The highest BCUT2D eigenvalue weighted by molar-refractivity contribution is 5.84. The number of nitrogens with zero attached hydrogens (tertiary/aromatic N) is 3. The van der Waals surface area contributed by atoms with Crippen LogP contribution in [0.4, 0.5) is 5.82 Å². The molecule has 7 nitrogen and oxygen atoms in total. The highest BCUT2D eigenvalue weighted by Crippen LogP contribution is 2.10. The lowest BCUT2D eigenvalue weighted by Crippen LogP contribution is -2.40. The second kappa shape index (κ2) is 5.46. The molecular formula is C10H11N5O2. The lowest BCUT2D eigenvalue weighted by atomic mass is 10.3. The molecule has 0 spiro atoms. The molecule has 0 bridgehead atoms. The van der Waals surface area contributed by atoms with E-state index in [9.17, 15) is 9.59 Å². The maximum absolute atomic E-state index is 10.9. The summed E-state index contributed by atoms with van der Waals surface area (Å²) in [6.07, 6.45) is 0. The average Bonchev–Trinajstić information content (AvgIpc) is 2.27. The molecule has 17 heavy (non-hydrogen) atoms. The van der Waals surface area contributed by atoms with Crippen molar-refractivity contribution >= 4 is 17.6 Å². The van der Waals surface area contributed by atoms with Gasteiger partial charge in [-0.15, -0.1) is 0 Å². The fourth-order valence-corrected chi connectivity index (χ4v) is 1.26. The summed E-state index contributed by atoms with van der Waals surface area (Å²) in [4.78, 5) is 27.0. The van der Waals surface area contributed by atoms with Gasteiger partial charge in [0, 0.05) is 0 Å². The van der Waals surface area contributed by atoms with Gasteiger partial charge in [-0.2, -0.15) is 5.26 Å². The molecule has 0 aliphatic rings. The van der Waals surface area contributed by atoms with E-state index in [1.165, 1.54) is 11.0 Å². The van der Waals surface area contributed by atoms with Crippen molar-refractivity contribution in [2.45, 2.75) is 0 Å². The van der Waals surface area contributed by atoms with E-state index in [4.69, 9.17) is 16.7 Å². The van der Waals surface area contributed by atoms with Crippen molar-refractivity contribution in [1.82, 2.24) is 4.98 Å². The molecule has 0 aliphatic carbocycles. The molecule has 7 heteroatoms.